The molecule has 0 aromatic heterocycles. The van der Waals surface area contributed by atoms with Crippen molar-refractivity contribution in [3.8, 4) is 0 Å². The zero-order valence-corrected chi connectivity index (χ0v) is 11.2. The number of aliphatic hydroxyl groups excluding tert-OH is 5. The number of ketones is 1. The van der Waals surface area contributed by atoms with E-state index in [-0.39, 0.29) is 32.0 Å². The van der Waals surface area contributed by atoms with E-state index in [1.165, 1.54) is 0 Å². The maximum atomic E-state index is 10.6. The highest BCUT2D eigenvalue weighted by Crippen LogP contribution is 2.26. The van der Waals surface area contributed by atoms with E-state index in [4.69, 9.17) is 39.7 Å². The minimum Gasteiger partial charge on any atom is -0.394 e. The normalized spacial score (nSPS) is 43.4. The molecule has 21 heavy (non-hydrogen) atoms. The van der Waals surface area contributed by atoms with Crippen molar-refractivity contribution in [2.75, 3.05) is 26.4 Å². The highest BCUT2D eigenvalue weighted by atomic mass is 16.6. The molecule has 9 heteroatoms. The van der Waals surface area contributed by atoms with Crippen LogP contribution in [0.4, 0.5) is 0 Å². The van der Waals surface area contributed by atoms with Gasteiger partial charge in [-0.2, -0.15) is 0 Å². The quantitative estimate of drug-likeness (QED) is 0.346. The lowest BCUT2D eigenvalue weighted by Crippen LogP contribution is -2.38. The Kier molecular flexibility index (Phi) is 5.63. The lowest BCUT2D eigenvalue weighted by molar-refractivity contribution is -0.124. The van der Waals surface area contributed by atoms with Gasteiger partial charge in [0, 0.05) is 0 Å². The van der Waals surface area contributed by atoms with Gasteiger partial charge in [-0.15, -0.1) is 0 Å². The average molecular weight is 308 g/mol. The van der Waals surface area contributed by atoms with Crippen LogP contribution in [0.2, 0.25) is 0 Å². The van der Waals surface area contributed by atoms with Crippen molar-refractivity contribution in [1.82, 2.24) is 0 Å². The molecule has 3 aliphatic rings. The molecule has 3 saturated heterocycles. The van der Waals surface area contributed by atoms with Gasteiger partial charge in [0.25, 0.3) is 0 Å². The Hall–Kier alpha value is -0.650. The maximum absolute atomic E-state index is 10.6. The summed E-state index contributed by atoms with van der Waals surface area (Å²) in [7, 11) is 0. The first kappa shape index (κ1) is 16.7. The van der Waals surface area contributed by atoms with Gasteiger partial charge in [-0.3, -0.25) is 4.79 Å². The fourth-order valence-electron chi connectivity index (χ4n) is 2.42. The number of fused-ring (bicyclic) bond motifs is 1. The Labute approximate surface area is 120 Å². The van der Waals surface area contributed by atoms with E-state index in [9.17, 15) is 4.79 Å². The number of ether oxygens (including phenoxy) is 3. The van der Waals surface area contributed by atoms with E-state index in [0.29, 0.717) is 0 Å². The molecule has 0 amide bonds. The summed E-state index contributed by atoms with van der Waals surface area (Å²) in [5, 5.41) is 44.7. The molecule has 7 atom stereocenters. The van der Waals surface area contributed by atoms with Crippen molar-refractivity contribution in [2.24, 2.45) is 0 Å². The monoisotopic (exact) mass is 308 g/mol. The average Bonchev–Trinajstić information content (AvgIpc) is 3.12. The lowest BCUT2D eigenvalue weighted by atomic mass is 10.1. The van der Waals surface area contributed by atoms with Crippen LogP contribution >= 0.6 is 0 Å². The molecule has 0 aromatic carbocycles. The minimum absolute atomic E-state index is 0.192. The molecule has 9 nitrogen and oxygen atoms in total. The van der Waals surface area contributed by atoms with Crippen molar-refractivity contribution in [2.45, 2.75) is 42.7 Å². The van der Waals surface area contributed by atoms with Crippen LogP contribution in [0.15, 0.2) is 0 Å². The largest absolute Gasteiger partial charge is 0.394 e. The maximum Gasteiger partial charge on any atom is 0.189 e. The molecule has 0 unspecified atom stereocenters. The predicted octanol–water partition coefficient (Wildman–Crippen LogP) is -3.83. The smallest absolute Gasteiger partial charge is 0.189 e. The van der Waals surface area contributed by atoms with Gasteiger partial charge in [-0.1, -0.05) is 0 Å². The van der Waals surface area contributed by atoms with Crippen LogP contribution < -0.4 is 0 Å². The third-order valence-electron chi connectivity index (χ3n) is 3.63. The van der Waals surface area contributed by atoms with E-state index in [1.807, 2.05) is 0 Å². The molecule has 0 aromatic rings. The summed E-state index contributed by atoms with van der Waals surface area (Å²) in [6, 6.07) is 0. The van der Waals surface area contributed by atoms with Crippen molar-refractivity contribution in [1.29, 1.82) is 0 Å². The van der Waals surface area contributed by atoms with Gasteiger partial charge >= 0.3 is 0 Å². The molecule has 0 spiro atoms. The van der Waals surface area contributed by atoms with Crippen LogP contribution in [-0.2, 0) is 19.0 Å². The molecule has 3 fully saturated rings. The molecule has 122 valence electrons. The Balaban J connectivity index is 0.000000154. The number of aliphatic hydroxyl groups is 5. The van der Waals surface area contributed by atoms with E-state index < -0.39 is 42.9 Å². The molecule has 0 bridgehead atoms. The molecular formula is C12H20O9. The second-order valence-corrected chi connectivity index (χ2v) is 5.17. The number of rotatable bonds is 2. The zero-order valence-electron chi connectivity index (χ0n) is 11.2. The number of hydrogen-bond donors (Lipinski definition) is 5. The van der Waals surface area contributed by atoms with Crippen LogP contribution in [0.5, 0.6) is 0 Å². The summed E-state index contributed by atoms with van der Waals surface area (Å²) in [4.78, 5) is 10.6. The highest BCUT2D eigenvalue weighted by molar-refractivity contribution is 5.86. The third-order valence-corrected chi connectivity index (χ3v) is 3.63. The van der Waals surface area contributed by atoms with Crippen molar-refractivity contribution in [3.63, 3.8) is 0 Å². The number of carbonyl (C=O) groups excluding carboxylic acids is 1. The molecule has 5 N–H and O–H groups in total. The number of Topliss-reactive ketones (excluding diaryl/α,β-unsaturated/α-hetero) is 1. The SMILES string of the molecule is O=C1CO[C@@H]([C@H](O)CO)[C@H]1O.O[C@@H]1CO[C@H]2[C@@H]1OC[C@@H]2O. The van der Waals surface area contributed by atoms with Crippen LogP contribution in [0.3, 0.4) is 0 Å². The van der Waals surface area contributed by atoms with Crippen LogP contribution in [-0.4, -0.2) is 100 Å². The molecular weight excluding hydrogens is 288 g/mol. The minimum atomic E-state index is -1.29. The van der Waals surface area contributed by atoms with E-state index in [2.05, 4.69) is 0 Å². The zero-order chi connectivity index (χ0) is 15.6. The predicted molar refractivity (Wildman–Crippen MR) is 65.3 cm³/mol. The van der Waals surface area contributed by atoms with Gasteiger partial charge in [-0.05, 0) is 0 Å². The summed E-state index contributed by atoms with van der Waals surface area (Å²) >= 11 is 0. The first-order valence-electron chi connectivity index (χ1n) is 6.66. The van der Waals surface area contributed by atoms with Crippen molar-refractivity contribution in [3.05, 3.63) is 0 Å². The Morgan fingerprint density at radius 3 is 1.95 bits per heavy atom. The fraction of sp³-hybridized carbons (Fsp3) is 0.917. The molecule has 0 radical (unpaired) electrons. The fourth-order valence-corrected chi connectivity index (χ4v) is 2.42. The van der Waals surface area contributed by atoms with Gasteiger partial charge in [0.1, 0.15) is 49.3 Å². The van der Waals surface area contributed by atoms with E-state index in [1.54, 1.807) is 0 Å². The van der Waals surface area contributed by atoms with Crippen LogP contribution in [0.25, 0.3) is 0 Å². The summed E-state index contributed by atoms with van der Waals surface area (Å²) in [5.74, 6) is -0.456. The standard InChI is InChI=1S/C6H10O5.C6H10O4/c7-1-3(8)6-5(10)4(9)2-11-6;7-3-1-9-6-4(8)2-10-5(3)6/h3,5-8,10H,1-2H2;3-8H,1-2H2/t3-,5+,6+;3-,4+,5-,6-/m11/s1. The molecule has 3 aliphatic heterocycles. The van der Waals surface area contributed by atoms with Gasteiger partial charge in [0.2, 0.25) is 0 Å². The van der Waals surface area contributed by atoms with E-state index in [0.717, 1.165) is 0 Å². The summed E-state index contributed by atoms with van der Waals surface area (Å²) < 4.78 is 14.9. The summed E-state index contributed by atoms with van der Waals surface area (Å²) in [6.07, 6.45) is -5.14. The van der Waals surface area contributed by atoms with Crippen LogP contribution in [0.1, 0.15) is 0 Å². The van der Waals surface area contributed by atoms with Gasteiger partial charge in [0.15, 0.2) is 5.78 Å². The topological polar surface area (TPSA) is 146 Å². The second kappa shape index (κ2) is 7.07. The van der Waals surface area contributed by atoms with E-state index >= 15 is 0 Å². The van der Waals surface area contributed by atoms with Crippen molar-refractivity contribution < 1.29 is 44.5 Å². The van der Waals surface area contributed by atoms with Gasteiger partial charge < -0.3 is 39.7 Å². The van der Waals surface area contributed by atoms with Gasteiger partial charge in [0.05, 0.1) is 19.8 Å². The second-order valence-electron chi connectivity index (χ2n) is 5.17. The summed E-state index contributed by atoms with van der Waals surface area (Å²) in [5.41, 5.74) is 0. The lowest BCUT2D eigenvalue weighted by Gasteiger charge is -2.16. The number of hydrogen-bond acceptors (Lipinski definition) is 9. The third kappa shape index (κ3) is 3.58. The first-order chi connectivity index (χ1) is 9.95. The Bertz CT molecular complexity index is 347. The molecule has 3 heterocycles. The Morgan fingerprint density at radius 2 is 1.57 bits per heavy atom. The Morgan fingerprint density at radius 1 is 1.05 bits per heavy atom. The highest BCUT2D eigenvalue weighted by Gasteiger charge is 2.46. The molecule has 0 saturated carbocycles. The molecule has 0 aliphatic carbocycles. The van der Waals surface area contributed by atoms with Crippen molar-refractivity contribution >= 4 is 5.78 Å². The number of carbonyl (C=O) groups is 1. The molecule has 3 rings (SSSR count). The van der Waals surface area contributed by atoms with Gasteiger partial charge in [-0.25, -0.2) is 0 Å². The van der Waals surface area contributed by atoms with Crippen LogP contribution in [0, 0.1) is 0 Å². The summed E-state index contributed by atoms with van der Waals surface area (Å²) in [6.45, 7) is -0.142. The first-order valence-corrected chi connectivity index (χ1v) is 6.66.